The van der Waals surface area contributed by atoms with Crippen molar-refractivity contribution in [3.05, 3.63) is 52.8 Å². The van der Waals surface area contributed by atoms with Gasteiger partial charge in [0.2, 0.25) is 0 Å². The first-order valence-corrected chi connectivity index (χ1v) is 11.1. The van der Waals surface area contributed by atoms with E-state index in [2.05, 4.69) is 34.7 Å². The zero-order valence-electron chi connectivity index (χ0n) is 17.7. The van der Waals surface area contributed by atoms with Gasteiger partial charge in [-0.15, -0.1) is 0 Å². The molecule has 3 unspecified atom stereocenters. The molecule has 7 nitrogen and oxygen atoms in total. The van der Waals surface area contributed by atoms with Gasteiger partial charge in [0.15, 0.2) is 0 Å². The second-order valence-electron chi connectivity index (χ2n) is 9.07. The monoisotopic (exact) mass is 406 g/mol. The number of aromatic amines is 1. The van der Waals surface area contributed by atoms with E-state index in [4.69, 9.17) is 4.99 Å². The van der Waals surface area contributed by atoms with Crippen molar-refractivity contribution in [2.75, 3.05) is 6.54 Å². The van der Waals surface area contributed by atoms with E-state index in [-0.39, 0.29) is 6.03 Å². The number of nitrogens with zero attached hydrogens (tertiary/aromatic N) is 3. The van der Waals surface area contributed by atoms with E-state index in [1.807, 2.05) is 35.2 Å². The van der Waals surface area contributed by atoms with Gasteiger partial charge < -0.3 is 15.5 Å². The molecule has 30 heavy (non-hydrogen) atoms. The Kier molecular flexibility index (Phi) is 4.97. The molecule has 3 heterocycles. The highest BCUT2D eigenvalue weighted by Crippen LogP contribution is 2.34. The first-order valence-electron chi connectivity index (χ1n) is 11.1. The average molecular weight is 407 g/mol. The summed E-state index contributed by atoms with van der Waals surface area (Å²) < 4.78 is 0. The normalized spacial score (nSPS) is 27.7. The molecule has 4 atom stereocenters. The predicted molar refractivity (Wildman–Crippen MR) is 116 cm³/mol. The van der Waals surface area contributed by atoms with Gasteiger partial charge in [-0.3, -0.25) is 10.1 Å². The zero-order valence-corrected chi connectivity index (χ0v) is 17.7. The first-order chi connectivity index (χ1) is 14.6. The molecular weight excluding hydrogens is 376 g/mol. The summed E-state index contributed by atoms with van der Waals surface area (Å²) in [5.41, 5.74) is 4.27. The van der Waals surface area contributed by atoms with Gasteiger partial charge in [-0.25, -0.2) is 4.79 Å². The van der Waals surface area contributed by atoms with Crippen molar-refractivity contribution in [2.45, 2.75) is 58.3 Å². The highest BCUT2D eigenvalue weighted by molar-refractivity contribution is 6.00. The van der Waals surface area contributed by atoms with Gasteiger partial charge in [0, 0.05) is 18.7 Å². The number of benzene rings is 1. The molecule has 1 saturated carbocycles. The summed E-state index contributed by atoms with van der Waals surface area (Å²) in [6.07, 6.45) is 3.11. The summed E-state index contributed by atoms with van der Waals surface area (Å²) in [6, 6.07) is 10.7. The van der Waals surface area contributed by atoms with Crippen LogP contribution in [0.25, 0.3) is 0 Å². The van der Waals surface area contributed by atoms with Crippen LogP contribution in [-0.4, -0.2) is 45.6 Å². The molecule has 1 fully saturated rings. The fourth-order valence-corrected chi connectivity index (χ4v) is 4.95. The lowest BCUT2D eigenvalue weighted by atomic mass is 9.77. The molecule has 0 bridgehead atoms. The summed E-state index contributed by atoms with van der Waals surface area (Å²) in [7, 11) is 0. The van der Waals surface area contributed by atoms with Crippen LogP contribution < -0.4 is 10.6 Å². The molecule has 7 heteroatoms. The van der Waals surface area contributed by atoms with E-state index in [0.29, 0.717) is 37.6 Å². The number of hydrogen-bond donors (Lipinski definition) is 3. The highest BCUT2D eigenvalue weighted by Gasteiger charge is 2.38. The number of H-pyrrole nitrogens is 1. The maximum atomic E-state index is 12.6. The van der Waals surface area contributed by atoms with Gasteiger partial charge in [-0.1, -0.05) is 44.2 Å². The summed E-state index contributed by atoms with van der Waals surface area (Å²) >= 11 is 0. The molecule has 0 radical (unpaired) electrons. The lowest BCUT2D eigenvalue weighted by Gasteiger charge is -2.33. The van der Waals surface area contributed by atoms with Gasteiger partial charge in [0.1, 0.15) is 11.5 Å². The second-order valence-corrected chi connectivity index (χ2v) is 9.07. The van der Waals surface area contributed by atoms with Crippen LogP contribution in [0.15, 0.2) is 35.3 Å². The first kappa shape index (κ1) is 19.2. The number of aromatic nitrogens is 2. The van der Waals surface area contributed by atoms with E-state index in [1.165, 1.54) is 12.0 Å². The number of carbonyl (C=O) groups excluding carboxylic acids is 1. The molecule has 2 amide bonds. The molecule has 2 aliphatic heterocycles. The van der Waals surface area contributed by atoms with Gasteiger partial charge in [-0.2, -0.15) is 5.10 Å². The topological polar surface area (TPSA) is 85.4 Å². The van der Waals surface area contributed by atoms with Crippen molar-refractivity contribution in [3.8, 4) is 0 Å². The van der Waals surface area contributed by atoms with Crippen molar-refractivity contribution in [1.29, 1.82) is 0 Å². The number of aliphatic imine (C=N–C) groups is 1. The third-order valence-electron chi connectivity index (χ3n) is 7.02. The Hall–Kier alpha value is -2.83. The minimum absolute atomic E-state index is 0.0361. The van der Waals surface area contributed by atoms with Crippen molar-refractivity contribution in [2.24, 2.45) is 16.8 Å². The smallest absolute Gasteiger partial charge is 0.318 e. The van der Waals surface area contributed by atoms with Gasteiger partial charge in [0.25, 0.3) is 0 Å². The number of amides is 2. The lowest BCUT2D eigenvalue weighted by Crippen LogP contribution is -2.43. The van der Waals surface area contributed by atoms with Crippen LogP contribution in [0.4, 0.5) is 4.79 Å². The number of carbonyl (C=O) groups is 1. The lowest BCUT2D eigenvalue weighted by molar-refractivity contribution is 0.191. The van der Waals surface area contributed by atoms with Crippen LogP contribution in [0.2, 0.25) is 0 Å². The van der Waals surface area contributed by atoms with Crippen LogP contribution in [0, 0.1) is 11.8 Å². The van der Waals surface area contributed by atoms with E-state index in [1.54, 1.807) is 0 Å². The van der Waals surface area contributed by atoms with Gasteiger partial charge >= 0.3 is 6.03 Å². The minimum atomic E-state index is -0.0361. The van der Waals surface area contributed by atoms with E-state index >= 15 is 0 Å². The Balaban J connectivity index is 1.24. The molecule has 0 saturated heterocycles. The van der Waals surface area contributed by atoms with Gasteiger partial charge in [0.05, 0.1) is 24.3 Å². The number of nitrogens with one attached hydrogen (secondary N) is 3. The summed E-state index contributed by atoms with van der Waals surface area (Å²) in [5.74, 6) is 2.38. The Labute approximate surface area is 177 Å². The molecule has 158 valence electrons. The predicted octanol–water partition coefficient (Wildman–Crippen LogP) is 2.83. The number of urea groups is 1. The average Bonchev–Trinajstić information content (AvgIpc) is 3.36. The van der Waals surface area contributed by atoms with E-state index < -0.39 is 0 Å². The van der Waals surface area contributed by atoms with Crippen molar-refractivity contribution in [1.82, 2.24) is 25.7 Å². The summed E-state index contributed by atoms with van der Waals surface area (Å²) in [4.78, 5) is 19.5. The Morgan fingerprint density at radius 1 is 1.20 bits per heavy atom. The maximum Gasteiger partial charge on any atom is 0.318 e. The van der Waals surface area contributed by atoms with E-state index in [9.17, 15) is 4.79 Å². The molecule has 1 aliphatic carbocycles. The van der Waals surface area contributed by atoms with Crippen LogP contribution in [-0.2, 0) is 19.5 Å². The van der Waals surface area contributed by atoms with Crippen molar-refractivity contribution < 1.29 is 4.79 Å². The summed E-state index contributed by atoms with van der Waals surface area (Å²) in [6.45, 7) is 6.46. The Morgan fingerprint density at radius 3 is 2.83 bits per heavy atom. The van der Waals surface area contributed by atoms with Crippen LogP contribution in [0.1, 0.15) is 49.2 Å². The molecule has 3 aliphatic rings. The number of fused-ring (bicyclic) bond motifs is 2. The molecule has 2 aromatic rings. The fraction of sp³-hybridized carbons (Fsp3) is 0.522. The Bertz CT molecular complexity index is 952. The molecule has 1 aromatic heterocycles. The zero-order chi connectivity index (χ0) is 20.7. The van der Waals surface area contributed by atoms with Crippen molar-refractivity contribution >= 4 is 11.9 Å². The molecule has 3 N–H and O–H groups in total. The van der Waals surface area contributed by atoms with Crippen LogP contribution in [0.5, 0.6) is 0 Å². The SMILES string of the molecule is CC1CC2N=C(c3n[nH]c4c3CCN(C(=O)NCc3ccccc3)C4)NC2C[C@H]1C. The van der Waals surface area contributed by atoms with E-state index in [0.717, 1.165) is 41.5 Å². The molecular formula is C23H30N6O. The second kappa shape index (κ2) is 7.78. The standard InChI is InChI=1S/C23H30N6O/c1-14-10-18-19(11-15(14)2)26-22(25-18)21-17-8-9-29(13-20(17)27-28-21)23(30)24-12-16-6-4-3-5-7-16/h3-7,14-15,18-19H,8-13H2,1-2H3,(H,24,30)(H,25,26)(H,27,28)/t14-,15?,18?,19?/m1/s1. The Morgan fingerprint density at radius 2 is 2.00 bits per heavy atom. The summed E-state index contributed by atoms with van der Waals surface area (Å²) in [5, 5.41) is 14.4. The molecule has 1 aromatic carbocycles. The third-order valence-corrected chi connectivity index (χ3v) is 7.02. The number of hydrogen-bond acceptors (Lipinski definition) is 4. The quantitative estimate of drug-likeness (QED) is 0.733. The van der Waals surface area contributed by atoms with Crippen LogP contribution in [0.3, 0.4) is 0 Å². The number of amidine groups is 1. The highest BCUT2D eigenvalue weighted by atomic mass is 16.2. The third kappa shape index (κ3) is 3.57. The van der Waals surface area contributed by atoms with Crippen molar-refractivity contribution in [3.63, 3.8) is 0 Å². The number of rotatable bonds is 3. The maximum absolute atomic E-state index is 12.6. The molecule has 5 rings (SSSR count). The molecule has 0 spiro atoms. The van der Waals surface area contributed by atoms with Gasteiger partial charge in [-0.05, 0) is 36.7 Å². The fourth-order valence-electron chi connectivity index (χ4n) is 4.95. The largest absolute Gasteiger partial charge is 0.364 e. The van der Waals surface area contributed by atoms with Crippen LogP contribution >= 0.6 is 0 Å². The minimum Gasteiger partial charge on any atom is -0.364 e.